The molecule has 1 saturated heterocycles. The Kier molecular flexibility index (Phi) is 2.90. The van der Waals surface area contributed by atoms with Gasteiger partial charge >= 0.3 is 5.97 Å². The second-order valence-corrected chi connectivity index (χ2v) is 3.92. The number of anilines is 1. The van der Waals surface area contributed by atoms with Crippen LogP contribution in [0.15, 0.2) is 30.3 Å². The average molecular weight is 205 g/mol. The van der Waals surface area contributed by atoms with Crippen molar-refractivity contribution in [2.75, 3.05) is 11.4 Å². The fourth-order valence-electron chi connectivity index (χ4n) is 2.21. The number of rotatable bonds is 3. The lowest BCUT2D eigenvalue weighted by Crippen LogP contribution is -2.31. The number of hydrogen-bond donors (Lipinski definition) is 1. The second-order valence-electron chi connectivity index (χ2n) is 3.92. The molecular weight excluding hydrogens is 190 g/mol. The molecule has 0 spiro atoms. The summed E-state index contributed by atoms with van der Waals surface area (Å²) < 4.78 is 0. The van der Waals surface area contributed by atoms with Crippen molar-refractivity contribution < 1.29 is 9.90 Å². The minimum atomic E-state index is -0.706. The van der Waals surface area contributed by atoms with Crippen LogP contribution in [0.3, 0.4) is 0 Å². The van der Waals surface area contributed by atoms with Gasteiger partial charge in [-0.05, 0) is 25.0 Å². The van der Waals surface area contributed by atoms with E-state index < -0.39 is 5.97 Å². The maximum Gasteiger partial charge on any atom is 0.305 e. The summed E-state index contributed by atoms with van der Waals surface area (Å²) in [7, 11) is 0. The predicted molar refractivity (Wildman–Crippen MR) is 59.1 cm³/mol. The molecule has 0 radical (unpaired) electrons. The molecule has 0 aromatic heterocycles. The first kappa shape index (κ1) is 10.0. The summed E-state index contributed by atoms with van der Waals surface area (Å²) in [6.07, 6.45) is 2.32. The molecule has 1 fully saturated rings. The van der Waals surface area contributed by atoms with Gasteiger partial charge in [0.25, 0.3) is 0 Å². The van der Waals surface area contributed by atoms with Crippen LogP contribution in [0.4, 0.5) is 5.69 Å². The lowest BCUT2D eigenvalue weighted by molar-refractivity contribution is -0.137. The van der Waals surface area contributed by atoms with Crippen LogP contribution in [0.2, 0.25) is 0 Å². The number of aliphatic carboxylic acids is 1. The number of hydrogen-bond acceptors (Lipinski definition) is 2. The maximum atomic E-state index is 10.7. The molecule has 15 heavy (non-hydrogen) atoms. The molecule has 1 aliphatic heterocycles. The third-order valence-electron chi connectivity index (χ3n) is 2.88. The first-order chi connectivity index (χ1) is 7.27. The van der Waals surface area contributed by atoms with E-state index in [1.165, 1.54) is 0 Å². The van der Waals surface area contributed by atoms with E-state index >= 15 is 0 Å². The van der Waals surface area contributed by atoms with Crippen molar-refractivity contribution in [3.8, 4) is 0 Å². The van der Waals surface area contributed by atoms with Crippen molar-refractivity contribution in [2.45, 2.75) is 25.3 Å². The van der Waals surface area contributed by atoms with Gasteiger partial charge < -0.3 is 10.0 Å². The van der Waals surface area contributed by atoms with E-state index in [2.05, 4.69) is 4.90 Å². The van der Waals surface area contributed by atoms with Crippen LogP contribution in [0.1, 0.15) is 19.3 Å². The van der Waals surface area contributed by atoms with Crippen LogP contribution >= 0.6 is 0 Å². The van der Waals surface area contributed by atoms with Gasteiger partial charge in [-0.25, -0.2) is 0 Å². The Morgan fingerprint density at radius 1 is 1.40 bits per heavy atom. The van der Waals surface area contributed by atoms with Gasteiger partial charge in [0.1, 0.15) is 0 Å². The Bertz CT molecular complexity index is 337. The van der Waals surface area contributed by atoms with Crippen LogP contribution in [-0.2, 0) is 4.79 Å². The molecule has 1 aromatic carbocycles. The first-order valence-corrected chi connectivity index (χ1v) is 5.31. The Labute approximate surface area is 89.3 Å². The highest BCUT2D eigenvalue weighted by atomic mass is 16.4. The molecule has 1 aliphatic rings. The van der Waals surface area contributed by atoms with Gasteiger partial charge in [0.2, 0.25) is 0 Å². The lowest BCUT2D eigenvalue weighted by atomic mass is 10.1. The molecule has 1 atom stereocenters. The highest BCUT2D eigenvalue weighted by Gasteiger charge is 2.26. The average Bonchev–Trinajstić information content (AvgIpc) is 2.66. The number of benzene rings is 1. The van der Waals surface area contributed by atoms with Crippen LogP contribution in [-0.4, -0.2) is 23.7 Å². The van der Waals surface area contributed by atoms with Gasteiger partial charge in [0.15, 0.2) is 0 Å². The van der Waals surface area contributed by atoms with Crippen LogP contribution in [0.25, 0.3) is 0 Å². The Hall–Kier alpha value is -1.51. The van der Waals surface area contributed by atoms with Gasteiger partial charge in [0.05, 0.1) is 6.42 Å². The van der Waals surface area contributed by atoms with Crippen molar-refractivity contribution in [3.05, 3.63) is 30.3 Å². The van der Waals surface area contributed by atoms with Crippen LogP contribution in [0.5, 0.6) is 0 Å². The van der Waals surface area contributed by atoms with Gasteiger partial charge in [0, 0.05) is 18.3 Å². The fraction of sp³-hybridized carbons (Fsp3) is 0.417. The molecule has 1 aromatic rings. The lowest BCUT2D eigenvalue weighted by Gasteiger charge is -2.25. The number of carboxylic acids is 1. The minimum absolute atomic E-state index is 0.171. The van der Waals surface area contributed by atoms with E-state index in [-0.39, 0.29) is 12.5 Å². The molecule has 3 nitrogen and oxygen atoms in total. The van der Waals surface area contributed by atoms with E-state index in [1.807, 2.05) is 30.3 Å². The molecule has 1 N–H and O–H groups in total. The summed E-state index contributed by atoms with van der Waals surface area (Å²) in [5, 5.41) is 8.81. The molecule has 0 bridgehead atoms. The molecule has 0 saturated carbocycles. The SMILES string of the molecule is O=C(O)C[C@@H]1CCCN1c1ccccc1. The van der Waals surface area contributed by atoms with Gasteiger partial charge in [-0.3, -0.25) is 4.79 Å². The second kappa shape index (κ2) is 4.34. The minimum Gasteiger partial charge on any atom is -0.481 e. The fourth-order valence-corrected chi connectivity index (χ4v) is 2.21. The zero-order chi connectivity index (χ0) is 10.7. The molecule has 0 unspecified atom stereocenters. The summed E-state index contributed by atoms with van der Waals surface area (Å²) in [6, 6.07) is 10.2. The zero-order valence-corrected chi connectivity index (χ0v) is 8.60. The van der Waals surface area contributed by atoms with Crippen molar-refractivity contribution in [2.24, 2.45) is 0 Å². The van der Waals surface area contributed by atoms with E-state index in [1.54, 1.807) is 0 Å². The van der Waals surface area contributed by atoms with Crippen LogP contribution in [0, 0.1) is 0 Å². The van der Waals surface area contributed by atoms with Crippen LogP contribution < -0.4 is 4.90 Å². The standard InChI is InChI=1S/C12H15NO2/c14-12(15)9-11-7-4-8-13(11)10-5-2-1-3-6-10/h1-3,5-6,11H,4,7-9H2,(H,14,15)/t11-/m0/s1. The molecule has 3 heteroatoms. The Morgan fingerprint density at radius 3 is 2.80 bits per heavy atom. The van der Waals surface area contributed by atoms with E-state index in [0.717, 1.165) is 25.1 Å². The highest BCUT2D eigenvalue weighted by Crippen LogP contribution is 2.26. The number of carbonyl (C=O) groups is 1. The molecular formula is C12H15NO2. The topological polar surface area (TPSA) is 40.5 Å². The third-order valence-corrected chi connectivity index (χ3v) is 2.88. The quantitative estimate of drug-likeness (QED) is 0.821. The zero-order valence-electron chi connectivity index (χ0n) is 8.60. The summed E-state index contributed by atoms with van der Waals surface area (Å²) >= 11 is 0. The van der Waals surface area contributed by atoms with E-state index in [4.69, 9.17) is 5.11 Å². The summed E-state index contributed by atoms with van der Waals surface area (Å²) in [5.41, 5.74) is 1.14. The summed E-state index contributed by atoms with van der Waals surface area (Å²) in [6.45, 7) is 0.974. The molecule has 80 valence electrons. The van der Waals surface area contributed by atoms with E-state index in [0.29, 0.717) is 0 Å². The monoisotopic (exact) mass is 205 g/mol. The molecule has 1 heterocycles. The molecule has 2 rings (SSSR count). The third kappa shape index (κ3) is 2.29. The molecule has 0 amide bonds. The Morgan fingerprint density at radius 2 is 2.13 bits per heavy atom. The van der Waals surface area contributed by atoms with Crippen molar-refractivity contribution in [1.82, 2.24) is 0 Å². The smallest absolute Gasteiger partial charge is 0.305 e. The molecule has 0 aliphatic carbocycles. The van der Waals surface area contributed by atoms with Crippen molar-refractivity contribution in [1.29, 1.82) is 0 Å². The van der Waals surface area contributed by atoms with Crippen molar-refractivity contribution >= 4 is 11.7 Å². The summed E-state index contributed by atoms with van der Waals surface area (Å²) in [4.78, 5) is 12.9. The number of nitrogens with zero attached hydrogens (tertiary/aromatic N) is 1. The number of carboxylic acid groups (broad SMARTS) is 1. The van der Waals surface area contributed by atoms with Gasteiger partial charge in [-0.2, -0.15) is 0 Å². The first-order valence-electron chi connectivity index (χ1n) is 5.31. The Balaban J connectivity index is 2.11. The summed E-state index contributed by atoms with van der Waals surface area (Å²) in [5.74, 6) is -0.706. The van der Waals surface area contributed by atoms with Crippen molar-refractivity contribution in [3.63, 3.8) is 0 Å². The number of para-hydroxylation sites is 1. The predicted octanol–water partition coefficient (Wildman–Crippen LogP) is 2.13. The largest absolute Gasteiger partial charge is 0.481 e. The highest BCUT2D eigenvalue weighted by molar-refractivity contribution is 5.68. The van der Waals surface area contributed by atoms with E-state index in [9.17, 15) is 4.79 Å². The maximum absolute atomic E-state index is 10.7. The normalized spacial score (nSPS) is 20.5. The van der Waals surface area contributed by atoms with Gasteiger partial charge in [-0.1, -0.05) is 18.2 Å². The van der Waals surface area contributed by atoms with Gasteiger partial charge in [-0.15, -0.1) is 0 Å².